The largest absolute Gasteiger partial charge is 0.449 e. The third-order valence-corrected chi connectivity index (χ3v) is 4.57. The predicted molar refractivity (Wildman–Crippen MR) is 106 cm³/mol. The Bertz CT molecular complexity index is 1030. The normalized spacial score (nSPS) is 14.8. The van der Waals surface area contributed by atoms with Crippen LogP contribution in [0.1, 0.15) is 11.3 Å². The minimum absolute atomic E-state index is 0.179. The van der Waals surface area contributed by atoms with Gasteiger partial charge >= 0.3 is 0 Å². The lowest BCUT2D eigenvalue weighted by atomic mass is 10.1. The fourth-order valence-electron chi connectivity index (χ4n) is 2.88. The number of hydrogen-bond donors (Lipinski definition) is 1. The molecule has 0 unspecified atom stereocenters. The van der Waals surface area contributed by atoms with Gasteiger partial charge in [-0.1, -0.05) is 35.9 Å². The highest BCUT2D eigenvalue weighted by Gasteiger charge is 2.31. The topological polar surface area (TPSA) is 68.5 Å². The zero-order valence-corrected chi connectivity index (χ0v) is 15.1. The fraction of sp³-hybridized carbons (Fsp3) is 0.0476. The molecule has 0 fully saturated rings. The van der Waals surface area contributed by atoms with Crippen molar-refractivity contribution in [1.29, 1.82) is 0 Å². The maximum Gasteiger partial charge on any atom is 0.294 e. The van der Waals surface area contributed by atoms with E-state index in [1.54, 1.807) is 47.5 Å². The molecule has 2 heterocycles. The van der Waals surface area contributed by atoms with Crippen LogP contribution >= 0.6 is 11.6 Å². The number of nitrogens with zero attached hydrogens (tertiary/aromatic N) is 2. The number of rotatable bonds is 3. The monoisotopic (exact) mass is 377 g/mol. The quantitative estimate of drug-likeness (QED) is 0.546. The molecule has 134 valence electrons. The molecule has 2 aromatic carbocycles. The number of benzene rings is 2. The summed E-state index contributed by atoms with van der Waals surface area (Å²) >= 11 is 6.30. The fourth-order valence-corrected chi connectivity index (χ4v) is 3.08. The standard InChI is InChI=1S/C21H16ClN3O2/c22-17-7-2-1-5-14(17)13-25-18-9-8-15(23)11-19(18)27-20(21(25)26)12-16-6-3-4-10-24-16/h1-12H,13,23H2/b20-12+. The van der Waals surface area contributed by atoms with Gasteiger partial charge in [-0.05, 0) is 35.9 Å². The molecule has 3 aromatic rings. The van der Waals surface area contributed by atoms with Gasteiger partial charge in [-0.15, -0.1) is 0 Å². The lowest BCUT2D eigenvalue weighted by molar-refractivity contribution is -0.117. The molecule has 0 aliphatic carbocycles. The van der Waals surface area contributed by atoms with Crippen LogP contribution in [0.3, 0.4) is 0 Å². The number of amides is 1. The van der Waals surface area contributed by atoms with Gasteiger partial charge in [0.1, 0.15) is 0 Å². The Morgan fingerprint density at radius 3 is 2.70 bits per heavy atom. The number of nitrogens with two attached hydrogens (primary N) is 1. The van der Waals surface area contributed by atoms with Crippen molar-refractivity contribution < 1.29 is 9.53 Å². The molecule has 0 bridgehead atoms. The summed E-state index contributed by atoms with van der Waals surface area (Å²) in [4.78, 5) is 19.0. The molecule has 4 rings (SSSR count). The first-order valence-electron chi connectivity index (χ1n) is 8.37. The lowest BCUT2D eigenvalue weighted by Crippen LogP contribution is -2.37. The van der Waals surface area contributed by atoms with E-state index >= 15 is 0 Å². The Labute approximate surface area is 161 Å². The lowest BCUT2D eigenvalue weighted by Gasteiger charge is -2.31. The van der Waals surface area contributed by atoms with E-state index in [2.05, 4.69) is 4.98 Å². The van der Waals surface area contributed by atoms with Crippen LogP contribution in [0.15, 0.2) is 72.6 Å². The summed E-state index contributed by atoms with van der Waals surface area (Å²) in [6, 6.07) is 18.1. The molecule has 1 amide bonds. The van der Waals surface area contributed by atoms with Crippen molar-refractivity contribution in [1.82, 2.24) is 4.98 Å². The molecule has 0 saturated heterocycles. The van der Waals surface area contributed by atoms with E-state index < -0.39 is 0 Å². The van der Waals surface area contributed by atoms with E-state index in [4.69, 9.17) is 22.1 Å². The van der Waals surface area contributed by atoms with Gasteiger partial charge in [0.05, 0.1) is 17.9 Å². The van der Waals surface area contributed by atoms with Crippen molar-refractivity contribution >= 4 is 35.0 Å². The molecule has 1 aliphatic rings. The van der Waals surface area contributed by atoms with Crippen molar-refractivity contribution in [3.63, 3.8) is 0 Å². The van der Waals surface area contributed by atoms with Gasteiger partial charge in [-0.2, -0.15) is 0 Å². The summed E-state index contributed by atoms with van der Waals surface area (Å²) in [5, 5.41) is 0.601. The van der Waals surface area contributed by atoms with Crippen molar-refractivity contribution in [2.75, 3.05) is 10.6 Å². The summed E-state index contributed by atoms with van der Waals surface area (Å²) < 4.78 is 5.84. The molecule has 27 heavy (non-hydrogen) atoms. The average Bonchev–Trinajstić information content (AvgIpc) is 2.67. The molecule has 5 nitrogen and oxygen atoms in total. The minimum Gasteiger partial charge on any atom is -0.449 e. The first-order valence-corrected chi connectivity index (χ1v) is 8.75. The van der Waals surface area contributed by atoms with Crippen LogP contribution in [0, 0.1) is 0 Å². The summed E-state index contributed by atoms with van der Waals surface area (Å²) in [5.74, 6) is 0.431. The highest BCUT2D eigenvalue weighted by atomic mass is 35.5. The van der Waals surface area contributed by atoms with Gasteiger partial charge in [0.2, 0.25) is 0 Å². The first-order chi connectivity index (χ1) is 13.1. The molecule has 0 radical (unpaired) electrons. The van der Waals surface area contributed by atoms with Crippen LogP contribution in [0.5, 0.6) is 5.75 Å². The Balaban J connectivity index is 1.78. The van der Waals surface area contributed by atoms with E-state index in [0.29, 0.717) is 34.4 Å². The Morgan fingerprint density at radius 1 is 1.11 bits per heavy atom. The number of carbonyl (C=O) groups excluding carboxylic acids is 1. The molecule has 0 atom stereocenters. The molecular formula is C21H16ClN3O2. The second kappa shape index (κ2) is 7.13. The number of carbonyl (C=O) groups is 1. The number of hydrogen-bond acceptors (Lipinski definition) is 4. The van der Waals surface area contributed by atoms with Crippen LogP contribution in [-0.2, 0) is 11.3 Å². The zero-order valence-electron chi connectivity index (χ0n) is 14.3. The van der Waals surface area contributed by atoms with E-state index in [1.165, 1.54) is 0 Å². The Kier molecular flexibility index (Phi) is 4.52. The van der Waals surface area contributed by atoms with Gasteiger partial charge in [0, 0.05) is 29.0 Å². The first kappa shape index (κ1) is 17.1. The summed E-state index contributed by atoms with van der Waals surface area (Å²) in [6.07, 6.45) is 3.28. The summed E-state index contributed by atoms with van der Waals surface area (Å²) in [6.45, 7) is 0.318. The number of pyridine rings is 1. The van der Waals surface area contributed by atoms with Gasteiger partial charge in [-0.3, -0.25) is 14.7 Å². The van der Waals surface area contributed by atoms with Crippen molar-refractivity contribution in [2.45, 2.75) is 6.54 Å². The van der Waals surface area contributed by atoms with Crippen molar-refractivity contribution in [2.24, 2.45) is 0 Å². The number of anilines is 2. The molecule has 0 spiro atoms. The van der Waals surface area contributed by atoms with Crippen LogP contribution in [0.25, 0.3) is 6.08 Å². The van der Waals surface area contributed by atoms with Gasteiger partial charge in [0.25, 0.3) is 5.91 Å². The zero-order chi connectivity index (χ0) is 18.8. The van der Waals surface area contributed by atoms with E-state index in [0.717, 1.165) is 5.56 Å². The van der Waals surface area contributed by atoms with E-state index in [-0.39, 0.29) is 11.7 Å². The van der Waals surface area contributed by atoms with E-state index in [1.807, 2.05) is 30.3 Å². The number of aromatic nitrogens is 1. The summed E-state index contributed by atoms with van der Waals surface area (Å²) in [5.41, 5.74) is 8.57. The van der Waals surface area contributed by atoms with Crippen LogP contribution in [-0.4, -0.2) is 10.9 Å². The maximum atomic E-state index is 13.1. The molecule has 6 heteroatoms. The Morgan fingerprint density at radius 2 is 1.93 bits per heavy atom. The van der Waals surface area contributed by atoms with Crippen molar-refractivity contribution in [3.05, 3.63) is 88.9 Å². The smallest absolute Gasteiger partial charge is 0.294 e. The Hall–Kier alpha value is -3.31. The SMILES string of the molecule is Nc1ccc2c(c1)O/C(=C/c1ccccn1)C(=O)N2Cc1ccccc1Cl. The van der Waals surface area contributed by atoms with E-state index in [9.17, 15) is 4.79 Å². The average molecular weight is 378 g/mol. The third-order valence-electron chi connectivity index (χ3n) is 4.20. The molecule has 1 aromatic heterocycles. The predicted octanol–water partition coefficient (Wildman–Crippen LogP) is 4.28. The molecule has 1 aliphatic heterocycles. The minimum atomic E-state index is -0.266. The van der Waals surface area contributed by atoms with Gasteiger partial charge < -0.3 is 10.5 Å². The molecular weight excluding hydrogens is 362 g/mol. The molecule has 0 saturated carbocycles. The molecule has 2 N–H and O–H groups in total. The van der Waals surface area contributed by atoms with Crippen LogP contribution in [0.4, 0.5) is 11.4 Å². The summed E-state index contributed by atoms with van der Waals surface area (Å²) in [7, 11) is 0. The highest BCUT2D eigenvalue weighted by molar-refractivity contribution is 6.31. The van der Waals surface area contributed by atoms with Crippen LogP contribution < -0.4 is 15.4 Å². The second-order valence-corrected chi connectivity index (χ2v) is 6.48. The number of halogens is 1. The van der Waals surface area contributed by atoms with Gasteiger partial charge in [0.15, 0.2) is 11.5 Å². The number of nitrogen functional groups attached to an aromatic ring is 1. The van der Waals surface area contributed by atoms with Gasteiger partial charge in [-0.25, -0.2) is 0 Å². The van der Waals surface area contributed by atoms with Crippen LogP contribution in [0.2, 0.25) is 5.02 Å². The number of ether oxygens (including phenoxy) is 1. The second-order valence-electron chi connectivity index (χ2n) is 6.08. The third kappa shape index (κ3) is 3.50. The highest BCUT2D eigenvalue weighted by Crippen LogP contribution is 2.38. The number of fused-ring (bicyclic) bond motifs is 1. The maximum absolute atomic E-state index is 13.1. The van der Waals surface area contributed by atoms with Crippen molar-refractivity contribution in [3.8, 4) is 5.75 Å².